The number of nitrogens with zero attached hydrogens (tertiary/aromatic N) is 3. The van der Waals surface area contributed by atoms with E-state index >= 15 is 0 Å². The molecule has 0 radical (unpaired) electrons. The van der Waals surface area contributed by atoms with Crippen molar-refractivity contribution >= 4 is 27.5 Å². The van der Waals surface area contributed by atoms with Gasteiger partial charge in [0.05, 0.1) is 22.5 Å². The first-order chi connectivity index (χ1) is 10.6. The molecule has 22 heavy (non-hydrogen) atoms. The van der Waals surface area contributed by atoms with Crippen molar-refractivity contribution in [3.63, 3.8) is 0 Å². The predicted molar refractivity (Wildman–Crippen MR) is 89.5 cm³/mol. The van der Waals surface area contributed by atoms with Crippen LogP contribution in [-0.4, -0.2) is 26.8 Å². The van der Waals surface area contributed by atoms with Gasteiger partial charge in [0.1, 0.15) is 5.69 Å². The first-order valence-corrected chi connectivity index (χ1v) is 8.34. The molecule has 3 heterocycles. The Morgan fingerprint density at radius 2 is 2.18 bits per heavy atom. The number of hydrogen-bond acceptors (Lipinski definition) is 3. The van der Waals surface area contributed by atoms with Gasteiger partial charge in [-0.2, -0.15) is 5.10 Å². The minimum absolute atomic E-state index is 0.0215. The van der Waals surface area contributed by atoms with E-state index < -0.39 is 0 Å². The molecule has 0 atom stereocenters. The summed E-state index contributed by atoms with van der Waals surface area (Å²) in [4.78, 5) is 12.4. The molecule has 1 N–H and O–H groups in total. The molecule has 0 fully saturated rings. The normalized spacial score (nSPS) is 11.2. The quantitative estimate of drug-likeness (QED) is 0.787. The zero-order chi connectivity index (χ0) is 15.7. The van der Waals surface area contributed by atoms with Gasteiger partial charge in [-0.25, -0.2) is 0 Å². The molecule has 0 bridgehead atoms. The third-order valence-corrected chi connectivity index (χ3v) is 4.64. The van der Waals surface area contributed by atoms with Gasteiger partial charge < -0.3 is 9.88 Å². The number of rotatable bonds is 5. The fraction of sp³-hybridized carbons (Fsp3) is 0.375. The lowest BCUT2D eigenvalue weighted by atomic mass is 10.4. The summed E-state index contributed by atoms with van der Waals surface area (Å²) in [6.45, 7) is 8.11. The lowest BCUT2D eigenvalue weighted by molar-refractivity contribution is 0.0943. The van der Waals surface area contributed by atoms with Crippen LogP contribution < -0.4 is 5.32 Å². The highest BCUT2D eigenvalue weighted by Crippen LogP contribution is 2.25. The van der Waals surface area contributed by atoms with Crippen molar-refractivity contribution in [3.8, 4) is 0 Å². The fourth-order valence-corrected chi connectivity index (χ4v) is 3.60. The van der Waals surface area contributed by atoms with Crippen LogP contribution in [0.1, 0.15) is 28.8 Å². The molecule has 0 aliphatic heterocycles. The SMILES string of the molecule is CCn1c(C(=O)NCCn2nc(C)cc2C)cc2sccc21. The fourth-order valence-electron chi connectivity index (χ4n) is 2.77. The molecule has 0 spiro atoms. The Labute approximate surface area is 133 Å². The molecule has 3 aromatic heterocycles. The van der Waals surface area contributed by atoms with Gasteiger partial charge in [-0.3, -0.25) is 9.48 Å². The van der Waals surface area contributed by atoms with Gasteiger partial charge in [0.15, 0.2) is 0 Å². The maximum Gasteiger partial charge on any atom is 0.268 e. The van der Waals surface area contributed by atoms with E-state index in [0.29, 0.717) is 13.1 Å². The van der Waals surface area contributed by atoms with E-state index in [9.17, 15) is 4.79 Å². The maximum atomic E-state index is 12.4. The van der Waals surface area contributed by atoms with Crippen molar-refractivity contribution in [2.45, 2.75) is 33.9 Å². The number of carbonyl (C=O) groups excluding carboxylic acids is 1. The van der Waals surface area contributed by atoms with Crippen LogP contribution in [0.3, 0.4) is 0 Å². The Kier molecular flexibility index (Phi) is 4.02. The minimum Gasteiger partial charge on any atom is -0.349 e. The largest absolute Gasteiger partial charge is 0.349 e. The monoisotopic (exact) mass is 316 g/mol. The molecular weight excluding hydrogens is 296 g/mol. The number of nitrogens with one attached hydrogen (secondary N) is 1. The lowest BCUT2D eigenvalue weighted by Crippen LogP contribution is -2.29. The molecule has 116 valence electrons. The van der Waals surface area contributed by atoms with Crippen LogP contribution in [-0.2, 0) is 13.1 Å². The molecule has 0 aliphatic rings. The first kappa shape index (κ1) is 14.8. The smallest absolute Gasteiger partial charge is 0.268 e. The second-order valence-corrected chi connectivity index (χ2v) is 6.30. The van der Waals surface area contributed by atoms with Crippen LogP contribution in [0.5, 0.6) is 0 Å². The highest BCUT2D eigenvalue weighted by molar-refractivity contribution is 7.17. The molecule has 3 aromatic rings. The Bertz CT molecular complexity index is 811. The summed E-state index contributed by atoms with van der Waals surface area (Å²) in [7, 11) is 0. The molecule has 1 amide bonds. The van der Waals surface area contributed by atoms with Crippen molar-refractivity contribution in [3.05, 3.63) is 40.7 Å². The molecule has 5 nitrogen and oxygen atoms in total. The van der Waals surface area contributed by atoms with Gasteiger partial charge in [-0.05, 0) is 44.4 Å². The summed E-state index contributed by atoms with van der Waals surface area (Å²) in [6, 6.07) is 6.08. The van der Waals surface area contributed by atoms with Crippen LogP contribution >= 0.6 is 11.3 Å². The van der Waals surface area contributed by atoms with E-state index in [1.165, 1.54) is 0 Å². The summed E-state index contributed by atoms with van der Waals surface area (Å²) < 4.78 is 5.14. The molecule has 3 rings (SSSR count). The molecule has 0 aliphatic carbocycles. The summed E-state index contributed by atoms with van der Waals surface area (Å²) in [5.41, 5.74) is 3.99. The standard InChI is InChI=1S/C16H20N4OS/c1-4-19-13-5-8-22-15(13)10-14(19)16(21)17-6-7-20-12(3)9-11(2)18-20/h5,8-10H,4,6-7H2,1-3H3,(H,17,21). The second kappa shape index (κ2) is 5.96. The molecule has 0 saturated heterocycles. The summed E-state index contributed by atoms with van der Waals surface area (Å²) in [6.07, 6.45) is 0. The first-order valence-electron chi connectivity index (χ1n) is 7.46. The van der Waals surface area contributed by atoms with Crippen molar-refractivity contribution < 1.29 is 4.79 Å². The van der Waals surface area contributed by atoms with Crippen molar-refractivity contribution in [2.75, 3.05) is 6.54 Å². The lowest BCUT2D eigenvalue weighted by Gasteiger charge is -2.09. The van der Waals surface area contributed by atoms with Crippen molar-refractivity contribution in [2.24, 2.45) is 0 Å². The highest BCUT2D eigenvalue weighted by Gasteiger charge is 2.15. The van der Waals surface area contributed by atoms with Crippen LogP contribution in [0.15, 0.2) is 23.6 Å². The van der Waals surface area contributed by atoms with Gasteiger partial charge in [0.25, 0.3) is 5.91 Å². The summed E-state index contributed by atoms with van der Waals surface area (Å²) >= 11 is 1.67. The Balaban J connectivity index is 1.68. The van der Waals surface area contributed by atoms with Crippen molar-refractivity contribution in [1.29, 1.82) is 0 Å². The molecule has 0 saturated carbocycles. The number of hydrogen-bond donors (Lipinski definition) is 1. The highest BCUT2D eigenvalue weighted by atomic mass is 32.1. The molecule has 0 aromatic carbocycles. The van der Waals surface area contributed by atoms with Crippen LogP contribution in [0, 0.1) is 13.8 Å². The average molecular weight is 316 g/mol. The van der Waals surface area contributed by atoms with E-state index in [-0.39, 0.29) is 5.91 Å². The zero-order valence-corrected chi connectivity index (χ0v) is 13.9. The van der Waals surface area contributed by atoms with Gasteiger partial charge in [0.2, 0.25) is 0 Å². The Morgan fingerprint density at radius 1 is 1.36 bits per heavy atom. The van der Waals surface area contributed by atoms with E-state index in [4.69, 9.17) is 0 Å². The number of thiophene rings is 1. The predicted octanol–water partition coefficient (Wildman–Crippen LogP) is 2.97. The molecular formula is C16H20N4OS. The summed E-state index contributed by atoms with van der Waals surface area (Å²) in [5.74, 6) is -0.0215. The van der Waals surface area contributed by atoms with Crippen LogP contribution in [0.2, 0.25) is 0 Å². The van der Waals surface area contributed by atoms with E-state index in [1.54, 1.807) is 11.3 Å². The van der Waals surface area contributed by atoms with Gasteiger partial charge in [-0.15, -0.1) is 11.3 Å². The number of fused-ring (bicyclic) bond motifs is 1. The van der Waals surface area contributed by atoms with Gasteiger partial charge >= 0.3 is 0 Å². The average Bonchev–Trinajstić information content (AvgIpc) is 3.13. The molecule has 0 unspecified atom stereocenters. The zero-order valence-electron chi connectivity index (χ0n) is 13.1. The minimum atomic E-state index is -0.0215. The third kappa shape index (κ3) is 2.66. The number of carbonyl (C=O) groups is 1. The van der Waals surface area contributed by atoms with E-state index in [1.807, 2.05) is 30.7 Å². The van der Waals surface area contributed by atoms with Crippen LogP contribution in [0.25, 0.3) is 10.2 Å². The number of aryl methyl sites for hydroxylation is 3. The van der Waals surface area contributed by atoms with Gasteiger partial charge in [0, 0.05) is 18.8 Å². The van der Waals surface area contributed by atoms with Gasteiger partial charge in [-0.1, -0.05) is 0 Å². The number of aromatic nitrogens is 3. The van der Waals surface area contributed by atoms with E-state index in [0.717, 1.165) is 33.8 Å². The molecule has 6 heteroatoms. The second-order valence-electron chi connectivity index (χ2n) is 5.35. The topological polar surface area (TPSA) is 51.9 Å². The third-order valence-electron chi connectivity index (χ3n) is 3.78. The van der Waals surface area contributed by atoms with Crippen LogP contribution in [0.4, 0.5) is 0 Å². The Morgan fingerprint density at radius 3 is 2.86 bits per heavy atom. The summed E-state index contributed by atoms with van der Waals surface area (Å²) in [5, 5.41) is 9.45. The Hall–Kier alpha value is -2.08. The van der Waals surface area contributed by atoms with E-state index in [2.05, 4.69) is 33.4 Å². The number of amides is 1. The van der Waals surface area contributed by atoms with Crippen molar-refractivity contribution in [1.82, 2.24) is 19.7 Å². The maximum absolute atomic E-state index is 12.4.